The minimum Gasteiger partial charge on any atom is -0.461 e. The van der Waals surface area contributed by atoms with Crippen LogP contribution in [0.2, 0.25) is 15.1 Å². The molecule has 0 bridgehead atoms. The summed E-state index contributed by atoms with van der Waals surface area (Å²) in [7, 11) is 0. The van der Waals surface area contributed by atoms with Crippen LogP contribution in [0.1, 0.15) is 39.3 Å². The summed E-state index contributed by atoms with van der Waals surface area (Å²) in [5.74, 6) is -2.52. The maximum Gasteiger partial charge on any atom is 0.412 e. The molecule has 61 heavy (non-hydrogen) atoms. The molecule has 0 spiro atoms. The van der Waals surface area contributed by atoms with Crippen LogP contribution < -0.4 is 11.1 Å². The van der Waals surface area contributed by atoms with Gasteiger partial charge in [0.25, 0.3) is 0 Å². The minimum absolute atomic E-state index is 0.00495. The first-order valence-electron chi connectivity index (χ1n) is 17.7. The molecule has 3 aromatic carbocycles. The second-order valence-electron chi connectivity index (χ2n) is 12.2. The first-order valence-corrected chi connectivity index (χ1v) is 18.8. The van der Waals surface area contributed by atoms with Crippen molar-refractivity contribution in [1.82, 2.24) is 19.9 Å². The summed E-state index contributed by atoms with van der Waals surface area (Å²) in [5.41, 5.74) is 4.78. The van der Waals surface area contributed by atoms with Crippen molar-refractivity contribution in [1.29, 1.82) is 0 Å². The summed E-state index contributed by atoms with van der Waals surface area (Å²) in [6.45, 7) is 6.77. The summed E-state index contributed by atoms with van der Waals surface area (Å²) in [4.78, 5) is 64.2. The van der Waals surface area contributed by atoms with E-state index in [0.717, 1.165) is 6.07 Å². The van der Waals surface area contributed by atoms with Crippen LogP contribution in [0, 0.1) is 17.5 Å². The Balaban J connectivity index is 0.000000308. The molecule has 15 nitrogen and oxygen atoms in total. The fourth-order valence-electron chi connectivity index (χ4n) is 4.12. The Labute approximate surface area is 363 Å². The number of aliphatic hydroxyl groups excluding tert-OH is 1. The molecule has 21 heteroatoms. The maximum absolute atomic E-state index is 13.8. The molecule has 0 saturated carbocycles. The van der Waals surface area contributed by atoms with Gasteiger partial charge in [0.2, 0.25) is 12.2 Å². The highest BCUT2D eigenvalue weighted by molar-refractivity contribution is 6.34. The van der Waals surface area contributed by atoms with Crippen LogP contribution in [0.25, 0.3) is 0 Å². The van der Waals surface area contributed by atoms with E-state index in [1.54, 1.807) is 58.3 Å². The van der Waals surface area contributed by atoms with Gasteiger partial charge in [0.05, 0.1) is 45.1 Å². The highest BCUT2D eigenvalue weighted by Gasteiger charge is 2.28. The zero-order valence-electron chi connectivity index (χ0n) is 32.8. The molecular weight excluding hydrogens is 870 g/mol. The highest BCUT2D eigenvalue weighted by atomic mass is 35.5. The van der Waals surface area contributed by atoms with Gasteiger partial charge < -0.3 is 25.1 Å². The number of carbonyl (C=O) groups excluding carboxylic acids is 4. The SMILES string of the molecule is CC(C)OC(=O)C(Cc1ncccn1)OC(=O)Nc1c(F)cccc1Cl.CC(C)OC(=O)C(O)Cc1ncccn1.Nc1c(F)cccc1Cl.O=C=Nc1c(F)cccc1Cl. The van der Waals surface area contributed by atoms with Gasteiger partial charge in [-0.05, 0) is 76.2 Å². The number of aromatic nitrogens is 4. The van der Waals surface area contributed by atoms with Gasteiger partial charge in [-0.15, -0.1) is 0 Å². The number of aliphatic imine (C=N–C) groups is 1. The van der Waals surface area contributed by atoms with Crippen LogP contribution in [0.15, 0.2) is 96.5 Å². The third kappa shape index (κ3) is 19.2. The average molecular weight is 909 g/mol. The van der Waals surface area contributed by atoms with Gasteiger partial charge in [-0.1, -0.05) is 53.0 Å². The van der Waals surface area contributed by atoms with Crippen LogP contribution >= 0.6 is 34.8 Å². The number of esters is 2. The summed E-state index contributed by atoms with van der Waals surface area (Å²) < 4.78 is 53.8. The molecule has 2 unspecified atom stereocenters. The Kier molecular flexibility index (Phi) is 22.4. The predicted octanol–water partition coefficient (Wildman–Crippen LogP) is 8.22. The number of nitrogens with zero attached hydrogens (tertiary/aromatic N) is 5. The fraction of sp³-hybridized carbons (Fsp3) is 0.250. The second-order valence-corrected chi connectivity index (χ2v) is 13.5. The molecule has 5 aromatic rings. The van der Waals surface area contributed by atoms with Crippen molar-refractivity contribution in [2.24, 2.45) is 4.99 Å². The Morgan fingerprint density at radius 1 is 0.705 bits per heavy atom. The van der Waals surface area contributed by atoms with Crippen LogP contribution in [-0.2, 0) is 41.4 Å². The van der Waals surface area contributed by atoms with E-state index in [1.807, 2.05) is 0 Å². The molecule has 0 aliphatic rings. The van der Waals surface area contributed by atoms with Gasteiger partial charge in [-0.25, -0.2) is 52.3 Å². The summed E-state index contributed by atoms with van der Waals surface area (Å²) in [6.07, 6.45) is 3.10. The number of benzene rings is 3. The molecule has 0 aliphatic heterocycles. The maximum atomic E-state index is 13.8. The highest BCUT2D eigenvalue weighted by Crippen LogP contribution is 2.27. The van der Waals surface area contributed by atoms with Crippen molar-refractivity contribution in [3.63, 3.8) is 0 Å². The number of hydrogen-bond donors (Lipinski definition) is 3. The summed E-state index contributed by atoms with van der Waals surface area (Å²) >= 11 is 16.8. The van der Waals surface area contributed by atoms with Crippen molar-refractivity contribution in [3.8, 4) is 0 Å². The Bertz CT molecular complexity index is 2170. The minimum atomic E-state index is -1.30. The number of rotatable bonds is 11. The van der Waals surface area contributed by atoms with E-state index in [9.17, 15) is 37.5 Å². The number of amides is 1. The molecule has 0 radical (unpaired) electrons. The number of nitrogen functional groups attached to an aromatic ring is 1. The molecule has 0 saturated heterocycles. The quantitative estimate of drug-likeness (QED) is 0.0375. The third-order valence-corrected chi connectivity index (χ3v) is 7.70. The standard InChI is InChI=1S/C17H17ClFN3O4.C10H14N2O3.C7H3ClFNO.C6H5ClFN/c1-10(2)25-16(23)13(9-14-20-7-4-8-21-14)26-17(24)22-15-11(18)5-3-6-12(15)19;1-7(2)15-10(14)8(13)6-9-11-4-3-5-12-9;8-5-2-1-3-6(9)7(5)10-4-11;7-4-2-1-3-5(8)6(4)9/h3-8,10,13H,9H2,1-2H3,(H,22,24);3-5,7-8,13H,6H2,1-2H3;1-3H;1-3H,9H2. The number of hydrogen-bond acceptors (Lipinski definition) is 14. The van der Waals surface area contributed by atoms with E-state index in [4.69, 9.17) is 54.7 Å². The fourth-order valence-corrected chi connectivity index (χ4v) is 4.69. The number of nitrogens with one attached hydrogen (secondary N) is 1. The van der Waals surface area contributed by atoms with Crippen molar-refractivity contribution in [2.75, 3.05) is 11.1 Å². The lowest BCUT2D eigenvalue weighted by atomic mass is 10.2. The van der Waals surface area contributed by atoms with Gasteiger partial charge in [0, 0.05) is 31.2 Å². The zero-order chi connectivity index (χ0) is 45.5. The molecule has 4 N–H and O–H groups in total. The number of halogens is 6. The van der Waals surface area contributed by atoms with Crippen LogP contribution in [0.4, 0.5) is 35.0 Å². The molecule has 1 amide bonds. The monoisotopic (exact) mass is 907 g/mol. The number of anilines is 2. The Hall–Kier alpha value is -6.17. The largest absolute Gasteiger partial charge is 0.461 e. The van der Waals surface area contributed by atoms with Gasteiger partial charge in [0.15, 0.2) is 11.9 Å². The van der Waals surface area contributed by atoms with E-state index < -0.39 is 53.8 Å². The van der Waals surface area contributed by atoms with Gasteiger partial charge >= 0.3 is 18.0 Å². The number of nitrogens with two attached hydrogens (primary N) is 1. The van der Waals surface area contributed by atoms with E-state index in [-0.39, 0.29) is 56.9 Å². The lowest BCUT2D eigenvalue weighted by Crippen LogP contribution is -2.35. The van der Waals surface area contributed by atoms with E-state index in [1.165, 1.54) is 60.9 Å². The molecule has 2 heterocycles. The average Bonchev–Trinajstić information content (AvgIpc) is 3.20. The lowest BCUT2D eigenvalue weighted by Gasteiger charge is -2.18. The van der Waals surface area contributed by atoms with Gasteiger partial charge in [-0.3, -0.25) is 5.32 Å². The first-order chi connectivity index (χ1) is 28.9. The van der Waals surface area contributed by atoms with Gasteiger partial charge in [0.1, 0.15) is 29.0 Å². The lowest BCUT2D eigenvalue weighted by molar-refractivity contribution is -0.158. The summed E-state index contributed by atoms with van der Waals surface area (Å²) in [6, 6.07) is 15.6. The van der Waals surface area contributed by atoms with Crippen LogP contribution in [0.5, 0.6) is 0 Å². The number of ether oxygens (including phenoxy) is 3. The predicted molar refractivity (Wildman–Crippen MR) is 220 cm³/mol. The molecular formula is C40H39Cl3F3N7O8. The number of carbonyl (C=O) groups is 3. The molecule has 0 fully saturated rings. The third-order valence-electron chi connectivity index (χ3n) is 6.75. The van der Waals surface area contributed by atoms with E-state index in [2.05, 4.69) is 30.2 Å². The molecule has 2 atom stereocenters. The number of isocyanates is 1. The number of aliphatic hydroxyl groups is 1. The first kappa shape index (κ1) is 51.0. The zero-order valence-corrected chi connectivity index (χ0v) is 35.0. The van der Waals surface area contributed by atoms with Crippen molar-refractivity contribution < 1.29 is 51.7 Å². The van der Waals surface area contributed by atoms with Crippen molar-refractivity contribution >= 4 is 76.0 Å². The van der Waals surface area contributed by atoms with Gasteiger partial charge in [-0.2, -0.15) is 4.99 Å². The van der Waals surface area contributed by atoms with Crippen molar-refractivity contribution in [3.05, 3.63) is 136 Å². The molecule has 2 aromatic heterocycles. The molecule has 5 rings (SSSR count). The molecule has 324 valence electrons. The Morgan fingerprint density at radius 2 is 1.18 bits per heavy atom. The second kappa shape index (κ2) is 26.8. The molecule has 0 aliphatic carbocycles. The summed E-state index contributed by atoms with van der Waals surface area (Å²) in [5, 5.41) is 12.0. The normalized spacial score (nSPS) is 11.1. The number of para-hydroxylation sites is 3. The van der Waals surface area contributed by atoms with Crippen molar-refractivity contribution in [2.45, 2.75) is 65.0 Å². The van der Waals surface area contributed by atoms with Crippen LogP contribution in [0.3, 0.4) is 0 Å². The van der Waals surface area contributed by atoms with E-state index in [0.29, 0.717) is 5.82 Å². The Morgan fingerprint density at radius 3 is 1.66 bits per heavy atom. The van der Waals surface area contributed by atoms with E-state index >= 15 is 0 Å². The topological polar surface area (TPSA) is 218 Å². The van der Waals surface area contributed by atoms with Crippen LogP contribution in [-0.4, -0.2) is 73.6 Å². The smallest absolute Gasteiger partial charge is 0.412 e.